The number of nitrogens with two attached hydrogens (primary N) is 1. The summed E-state index contributed by atoms with van der Waals surface area (Å²) in [4.78, 5) is 0. The molecule has 1 fully saturated rings. The summed E-state index contributed by atoms with van der Waals surface area (Å²) in [7, 11) is -3.05. The first-order valence-electron chi connectivity index (χ1n) is 6.52. The van der Waals surface area contributed by atoms with Crippen LogP contribution in [0.3, 0.4) is 0 Å². The second-order valence-electron chi connectivity index (χ2n) is 5.04. The quantitative estimate of drug-likeness (QED) is 0.785. The van der Waals surface area contributed by atoms with Crippen LogP contribution in [0.1, 0.15) is 39.5 Å². The van der Waals surface area contributed by atoms with Gasteiger partial charge < -0.3 is 10.5 Å². The average Bonchev–Trinajstić information content (AvgIpc) is 2.28. The number of ether oxygens (including phenoxy) is 1. The molecular formula is C12H25NO3S. The van der Waals surface area contributed by atoms with Crippen molar-refractivity contribution in [3.8, 4) is 0 Å². The van der Waals surface area contributed by atoms with Crippen LogP contribution in [0.25, 0.3) is 0 Å². The summed E-state index contributed by atoms with van der Waals surface area (Å²) in [6.45, 7) is 4.77. The minimum Gasteiger partial charge on any atom is -0.376 e. The predicted molar refractivity (Wildman–Crippen MR) is 69.7 cm³/mol. The van der Waals surface area contributed by atoms with Gasteiger partial charge in [0.05, 0.1) is 17.1 Å². The van der Waals surface area contributed by atoms with E-state index < -0.39 is 9.84 Å². The first-order valence-corrected chi connectivity index (χ1v) is 8.24. The minimum atomic E-state index is -3.05. The van der Waals surface area contributed by atoms with Gasteiger partial charge in [0.25, 0.3) is 0 Å². The van der Waals surface area contributed by atoms with Crippen molar-refractivity contribution in [2.75, 3.05) is 18.9 Å². The standard InChI is InChI=1S/C12H25NO3S/c1-3-16-11(8-13)9-17(14,15)12-6-4-5-10(2)7-12/h10-12H,3-9,13H2,1-2H3. The van der Waals surface area contributed by atoms with Crippen LogP contribution in [0, 0.1) is 5.92 Å². The van der Waals surface area contributed by atoms with E-state index in [0.717, 1.165) is 25.7 Å². The summed E-state index contributed by atoms with van der Waals surface area (Å²) in [5.41, 5.74) is 5.53. The molecule has 1 rings (SSSR count). The second kappa shape index (κ2) is 6.71. The van der Waals surface area contributed by atoms with Crippen LogP contribution in [-0.2, 0) is 14.6 Å². The zero-order chi connectivity index (χ0) is 12.9. The topological polar surface area (TPSA) is 69.4 Å². The Morgan fingerprint density at radius 2 is 2.12 bits per heavy atom. The van der Waals surface area contributed by atoms with Gasteiger partial charge in [0, 0.05) is 13.2 Å². The molecular weight excluding hydrogens is 238 g/mol. The predicted octanol–water partition coefficient (Wildman–Crippen LogP) is 1.34. The summed E-state index contributed by atoms with van der Waals surface area (Å²) in [5, 5.41) is -0.180. The van der Waals surface area contributed by atoms with Gasteiger partial charge in [-0.3, -0.25) is 0 Å². The van der Waals surface area contributed by atoms with E-state index >= 15 is 0 Å². The van der Waals surface area contributed by atoms with E-state index in [1.165, 1.54) is 0 Å². The summed E-state index contributed by atoms with van der Waals surface area (Å²) in [5.74, 6) is 0.598. The first kappa shape index (κ1) is 14.9. The Balaban J connectivity index is 2.60. The molecule has 0 heterocycles. The van der Waals surface area contributed by atoms with Gasteiger partial charge in [0.1, 0.15) is 0 Å². The van der Waals surface area contributed by atoms with Crippen LogP contribution in [0.15, 0.2) is 0 Å². The van der Waals surface area contributed by atoms with Gasteiger partial charge in [-0.25, -0.2) is 8.42 Å². The highest BCUT2D eigenvalue weighted by Gasteiger charge is 2.31. The molecule has 102 valence electrons. The Hall–Kier alpha value is -0.130. The first-order chi connectivity index (χ1) is 7.99. The molecule has 0 radical (unpaired) electrons. The molecule has 5 heteroatoms. The molecule has 1 saturated carbocycles. The van der Waals surface area contributed by atoms with Crippen LogP contribution in [0.2, 0.25) is 0 Å². The van der Waals surface area contributed by atoms with Crippen LogP contribution in [-0.4, -0.2) is 38.7 Å². The van der Waals surface area contributed by atoms with Gasteiger partial charge in [-0.05, 0) is 25.7 Å². The molecule has 0 aliphatic heterocycles. The second-order valence-corrected chi connectivity index (χ2v) is 7.36. The van der Waals surface area contributed by atoms with Crippen molar-refractivity contribution >= 4 is 9.84 Å². The van der Waals surface area contributed by atoms with E-state index in [1.807, 2.05) is 6.92 Å². The molecule has 0 saturated heterocycles. The smallest absolute Gasteiger partial charge is 0.155 e. The van der Waals surface area contributed by atoms with Crippen LogP contribution >= 0.6 is 0 Å². The molecule has 0 bridgehead atoms. The zero-order valence-electron chi connectivity index (χ0n) is 10.9. The van der Waals surface area contributed by atoms with Crippen molar-refractivity contribution in [1.29, 1.82) is 0 Å². The normalized spacial score (nSPS) is 27.9. The van der Waals surface area contributed by atoms with E-state index in [4.69, 9.17) is 10.5 Å². The molecule has 0 aromatic carbocycles. The molecule has 0 aromatic rings. The van der Waals surface area contributed by atoms with Gasteiger partial charge in [-0.1, -0.05) is 19.8 Å². The molecule has 4 nitrogen and oxygen atoms in total. The lowest BCUT2D eigenvalue weighted by molar-refractivity contribution is 0.0843. The maximum atomic E-state index is 12.2. The number of hydrogen-bond donors (Lipinski definition) is 1. The molecule has 0 spiro atoms. The highest BCUT2D eigenvalue weighted by atomic mass is 32.2. The lowest BCUT2D eigenvalue weighted by Crippen LogP contribution is -2.37. The fourth-order valence-corrected chi connectivity index (χ4v) is 4.69. The van der Waals surface area contributed by atoms with Gasteiger partial charge in [0.2, 0.25) is 0 Å². The Morgan fingerprint density at radius 1 is 1.41 bits per heavy atom. The number of sulfone groups is 1. The third kappa shape index (κ3) is 4.56. The zero-order valence-corrected chi connectivity index (χ0v) is 11.7. The van der Waals surface area contributed by atoms with Crippen LogP contribution in [0.4, 0.5) is 0 Å². The molecule has 2 N–H and O–H groups in total. The van der Waals surface area contributed by atoms with Crippen molar-refractivity contribution < 1.29 is 13.2 Å². The van der Waals surface area contributed by atoms with Gasteiger partial charge in [-0.15, -0.1) is 0 Å². The lowest BCUT2D eigenvalue weighted by atomic mass is 9.91. The Kier molecular flexibility index (Phi) is 5.89. The molecule has 1 aliphatic rings. The SMILES string of the molecule is CCOC(CN)CS(=O)(=O)C1CCCC(C)C1. The lowest BCUT2D eigenvalue weighted by Gasteiger charge is -2.27. The van der Waals surface area contributed by atoms with Crippen molar-refractivity contribution in [3.63, 3.8) is 0 Å². The van der Waals surface area contributed by atoms with Gasteiger partial charge >= 0.3 is 0 Å². The van der Waals surface area contributed by atoms with Crippen LogP contribution in [0.5, 0.6) is 0 Å². The monoisotopic (exact) mass is 263 g/mol. The van der Waals surface area contributed by atoms with Crippen molar-refractivity contribution in [2.24, 2.45) is 11.7 Å². The van der Waals surface area contributed by atoms with Crippen LogP contribution < -0.4 is 5.73 Å². The summed E-state index contributed by atoms with van der Waals surface area (Å²) >= 11 is 0. The molecule has 0 amide bonds. The van der Waals surface area contributed by atoms with E-state index in [9.17, 15) is 8.42 Å². The fraction of sp³-hybridized carbons (Fsp3) is 1.00. The Morgan fingerprint density at radius 3 is 2.65 bits per heavy atom. The van der Waals surface area contributed by atoms with Gasteiger partial charge in [-0.2, -0.15) is 0 Å². The summed E-state index contributed by atoms with van der Waals surface area (Å²) in [6.07, 6.45) is 3.43. The number of rotatable bonds is 6. The third-order valence-electron chi connectivity index (χ3n) is 3.48. The highest BCUT2D eigenvalue weighted by Crippen LogP contribution is 2.29. The van der Waals surface area contributed by atoms with Gasteiger partial charge in [0.15, 0.2) is 9.84 Å². The molecule has 3 unspecified atom stereocenters. The van der Waals surface area contributed by atoms with E-state index in [-0.39, 0.29) is 23.7 Å². The molecule has 1 aliphatic carbocycles. The fourth-order valence-electron chi connectivity index (χ4n) is 2.52. The van der Waals surface area contributed by atoms with Crippen molar-refractivity contribution in [3.05, 3.63) is 0 Å². The Bertz CT molecular complexity index is 316. The maximum absolute atomic E-state index is 12.2. The maximum Gasteiger partial charge on any atom is 0.155 e. The van der Waals surface area contributed by atoms with E-state index in [0.29, 0.717) is 12.5 Å². The molecule has 0 aromatic heterocycles. The average molecular weight is 263 g/mol. The van der Waals surface area contributed by atoms with E-state index in [1.54, 1.807) is 0 Å². The third-order valence-corrected chi connectivity index (χ3v) is 5.76. The van der Waals surface area contributed by atoms with E-state index in [2.05, 4.69) is 6.92 Å². The minimum absolute atomic E-state index is 0.0781. The summed E-state index contributed by atoms with van der Waals surface area (Å²) < 4.78 is 29.8. The highest BCUT2D eigenvalue weighted by molar-refractivity contribution is 7.92. The largest absolute Gasteiger partial charge is 0.376 e. The van der Waals surface area contributed by atoms with Crippen molar-refractivity contribution in [2.45, 2.75) is 50.9 Å². The molecule has 3 atom stereocenters. The Labute approximate surface area is 105 Å². The number of hydrogen-bond acceptors (Lipinski definition) is 4. The van der Waals surface area contributed by atoms with Crippen molar-refractivity contribution in [1.82, 2.24) is 0 Å². The summed E-state index contributed by atoms with van der Waals surface area (Å²) in [6, 6.07) is 0. The molecule has 17 heavy (non-hydrogen) atoms.